The average molecular weight is 368 g/mol. The lowest BCUT2D eigenvalue weighted by Crippen LogP contribution is -2.48. The summed E-state index contributed by atoms with van der Waals surface area (Å²) in [5.41, 5.74) is 7.31. The van der Waals surface area contributed by atoms with Gasteiger partial charge in [-0.2, -0.15) is 0 Å². The number of carbonyl (C=O) groups excluding carboxylic acids is 2. The van der Waals surface area contributed by atoms with Crippen LogP contribution in [-0.4, -0.2) is 44.9 Å². The fourth-order valence-corrected chi connectivity index (χ4v) is 3.38. The Morgan fingerprint density at radius 3 is 2.37 bits per heavy atom. The SMILES string of the molecule is NC(=O)N1CCC[C@@H](C(=O)N(Cc2ccncc2)Cc2ccc(O)cc2)C1. The van der Waals surface area contributed by atoms with Crippen LogP contribution in [0.3, 0.4) is 0 Å². The predicted molar refractivity (Wildman–Crippen MR) is 100 cm³/mol. The Balaban J connectivity index is 1.78. The smallest absolute Gasteiger partial charge is 0.314 e. The lowest BCUT2D eigenvalue weighted by Gasteiger charge is -2.34. The lowest BCUT2D eigenvalue weighted by molar-refractivity contribution is -0.138. The number of aromatic nitrogens is 1. The number of hydrogen-bond acceptors (Lipinski definition) is 4. The third-order valence-electron chi connectivity index (χ3n) is 4.83. The van der Waals surface area contributed by atoms with Crippen molar-refractivity contribution in [1.29, 1.82) is 0 Å². The number of urea groups is 1. The van der Waals surface area contributed by atoms with Crippen LogP contribution in [0.25, 0.3) is 0 Å². The number of likely N-dealkylation sites (tertiary alicyclic amines) is 1. The van der Waals surface area contributed by atoms with Gasteiger partial charge in [0.15, 0.2) is 0 Å². The number of benzene rings is 1. The van der Waals surface area contributed by atoms with E-state index in [0.29, 0.717) is 26.2 Å². The van der Waals surface area contributed by atoms with Crippen LogP contribution in [-0.2, 0) is 17.9 Å². The van der Waals surface area contributed by atoms with Gasteiger partial charge >= 0.3 is 6.03 Å². The minimum Gasteiger partial charge on any atom is -0.508 e. The van der Waals surface area contributed by atoms with E-state index in [2.05, 4.69) is 4.98 Å². The van der Waals surface area contributed by atoms with E-state index in [0.717, 1.165) is 24.0 Å². The summed E-state index contributed by atoms with van der Waals surface area (Å²) < 4.78 is 0. The summed E-state index contributed by atoms with van der Waals surface area (Å²) in [5.74, 6) is -0.0637. The van der Waals surface area contributed by atoms with E-state index in [-0.39, 0.29) is 17.6 Å². The van der Waals surface area contributed by atoms with Gasteiger partial charge in [0.05, 0.1) is 5.92 Å². The summed E-state index contributed by atoms with van der Waals surface area (Å²) >= 11 is 0. The summed E-state index contributed by atoms with van der Waals surface area (Å²) in [6.45, 7) is 1.84. The Labute approximate surface area is 158 Å². The predicted octanol–water partition coefficient (Wildman–Crippen LogP) is 2.11. The number of pyridine rings is 1. The minimum absolute atomic E-state index is 0.00540. The number of piperidine rings is 1. The summed E-state index contributed by atoms with van der Waals surface area (Å²) in [7, 11) is 0. The standard InChI is InChI=1S/C20H24N4O3/c21-20(27)23-11-1-2-17(14-23)19(26)24(13-16-7-9-22-10-8-16)12-15-3-5-18(25)6-4-15/h3-10,17,25H,1-2,11-14H2,(H2,21,27)/t17-/m1/s1. The van der Waals surface area contributed by atoms with Gasteiger partial charge in [0.2, 0.25) is 5.91 Å². The Bertz CT molecular complexity index is 780. The number of phenols is 1. The van der Waals surface area contributed by atoms with E-state index in [1.54, 1.807) is 41.6 Å². The highest BCUT2D eigenvalue weighted by Gasteiger charge is 2.30. The zero-order chi connectivity index (χ0) is 19.2. The normalized spacial score (nSPS) is 16.7. The number of carbonyl (C=O) groups is 2. The van der Waals surface area contributed by atoms with E-state index in [1.165, 1.54) is 4.90 Å². The number of primary amides is 1. The molecule has 142 valence electrons. The van der Waals surface area contributed by atoms with Crippen LogP contribution >= 0.6 is 0 Å². The maximum absolute atomic E-state index is 13.2. The van der Waals surface area contributed by atoms with Crippen molar-refractivity contribution in [3.63, 3.8) is 0 Å². The highest BCUT2D eigenvalue weighted by Crippen LogP contribution is 2.22. The number of nitrogens with zero attached hydrogens (tertiary/aromatic N) is 3. The number of rotatable bonds is 5. The summed E-state index contributed by atoms with van der Waals surface area (Å²) in [6.07, 6.45) is 4.91. The number of amides is 3. The molecule has 3 rings (SSSR count). The number of aromatic hydroxyl groups is 1. The fourth-order valence-electron chi connectivity index (χ4n) is 3.38. The van der Waals surface area contributed by atoms with E-state index in [1.807, 2.05) is 12.1 Å². The molecule has 1 aromatic carbocycles. The first-order valence-electron chi connectivity index (χ1n) is 9.03. The molecule has 2 aromatic rings. The first-order valence-corrected chi connectivity index (χ1v) is 9.03. The van der Waals surface area contributed by atoms with Crippen LogP contribution in [0, 0.1) is 5.92 Å². The van der Waals surface area contributed by atoms with Crippen molar-refractivity contribution < 1.29 is 14.7 Å². The molecule has 27 heavy (non-hydrogen) atoms. The molecule has 1 aromatic heterocycles. The molecule has 1 saturated heterocycles. The average Bonchev–Trinajstić information content (AvgIpc) is 2.69. The second-order valence-electron chi connectivity index (χ2n) is 6.84. The van der Waals surface area contributed by atoms with Crippen molar-refractivity contribution in [2.24, 2.45) is 11.7 Å². The van der Waals surface area contributed by atoms with Gasteiger partial charge in [0, 0.05) is 38.6 Å². The van der Waals surface area contributed by atoms with Gasteiger partial charge in [-0.25, -0.2) is 4.79 Å². The van der Waals surface area contributed by atoms with Gasteiger partial charge in [-0.1, -0.05) is 12.1 Å². The Kier molecular flexibility index (Phi) is 5.90. The third kappa shape index (κ3) is 4.97. The molecule has 0 bridgehead atoms. The van der Waals surface area contributed by atoms with E-state index < -0.39 is 6.03 Å². The van der Waals surface area contributed by atoms with E-state index in [9.17, 15) is 14.7 Å². The van der Waals surface area contributed by atoms with Crippen LogP contribution in [0.2, 0.25) is 0 Å². The van der Waals surface area contributed by atoms with Crippen molar-refractivity contribution in [2.75, 3.05) is 13.1 Å². The zero-order valence-electron chi connectivity index (χ0n) is 15.1. The molecule has 7 heteroatoms. The molecule has 1 atom stereocenters. The summed E-state index contributed by atoms with van der Waals surface area (Å²) in [6, 6.07) is 10.1. The molecular formula is C20H24N4O3. The number of nitrogens with two attached hydrogens (primary N) is 1. The van der Waals surface area contributed by atoms with Gasteiger partial charge in [0.1, 0.15) is 5.75 Å². The van der Waals surface area contributed by atoms with E-state index in [4.69, 9.17) is 5.73 Å². The summed E-state index contributed by atoms with van der Waals surface area (Å²) in [4.78, 5) is 32.1. The highest BCUT2D eigenvalue weighted by atomic mass is 16.3. The number of hydrogen-bond donors (Lipinski definition) is 2. The van der Waals surface area contributed by atoms with Crippen molar-refractivity contribution in [3.8, 4) is 5.75 Å². The minimum atomic E-state index is -0.480. The molecular weight excluding hydrogens is 344 g/mol. The maximum atomic E-state index is 13.2. The molecule has 0 unspecified atom stereocenters. The van der Waals surface area contributed by atoms with Crippen LogP contribution in [0.1, 0.15) is 24.0 Å². The Hall–Kier alpha value is -3.09. The van der Waals surface area contributed by atoms with Gasteiger partial charge < -0.3 is 20.6 Å². The molecule has 0 saturated carbocycles. The second kappa shape index (κ2) is 8.53. The van der Waals surface area contributed by atoms with Crippen molar-refractivity contribution in [2.45, 2.75) is 25.9 Å². The molecule has 1 aliphatic heterocycles. The third-order valence-corrected chi connectivity index (χ3v) is 4.83. The molecule has 2 heterocycles. The molecule has 1 aliphatic rings. The van der Waals surface area contributed by atoms with Crippen LogP contribution in [0.4, 0.5) is 4.79 Å². The molecule has 0 radical (unpaired) electrons. The van der Waals surface area contributed by atoms with Gasteiger partial charge in [-0.05, 0) is 48.2 Å². The van der Waals surface area contributed by atoms with Gasteiger partial charge in [0.25, 0.3) is 0 Å². The van der Waals surface area contributed by atoms with Crippen LogP contribution < -0.4 is 5.73 Å². The molecule has 1 fully saturated rings. The molecule has 7 nitrogen and oxygen atoms in total. The Morgan fingerprint density at radius 2 is 1.74 bits per heavy atom. The van der Waals surface area contributed by atoms with Gasteiger partial charge in [-0.3, -0.25) is 9.78 Å². The van der Waals surface area contributed by atoms with E-state index >= 15 is 0 Å². The molecule has 0 spiro atoms. The largest absolute Gasteiger partial charge is 0.508 e. The molecule has 0 aliphatic carbocycles. The second-order valence-corrected chi connectivity index (χ2v) is 6.84. The van der Waals surface area contributed by atoms with Crippen molar-refractivity contribution in [3.05, 3.63) is 59.9 Å². The monoisotopic (exact) mass is 368 g/mol. The molecule has 3 amide bonds. The van der Waals surface area contributed by atoms with Crippen LogP contribution in [0.5, 0.6) is 5.75 Å². The lowest BCUT2D eigenvalue weighted by atomic mass is 9.96. The topological polar surface area (TPSA) is 99.8 Å². The first kappa shape index (κ1) is 18.7. The van der Waals surface area contributed by atoms with Crippen molar-refractivity contribution >= 4 is 11.9 Å². The first-order chi connectivity index (χ1) is 13.0. The summed E-state index contributed by atoms with van der Waals surface area (Å²) in [5, 5.41) is 9.48. The number of phenolic OH excluding ortho intramolecular Hbond substituents is 1. The molecule has 3 N–H and O–H groups in total. The van der Waals surface area contributed by atoms with Gasteiger partial charge in [-0.15, -0.1) is 0 Å². The maximum Gasteiger partial charge on any atom is 0.314 e. The zero-order valence-corrected chi connectivity index (χ0v) is 15.1. The Morgan fingerprint density at radius 1 is 1.11 bits per heavy atom. The van der Waals surface area contributed by atoms with Crippen molar-refractivity contribution in [1.82, 2.24) is 14.8 Å². The fraction of sp³-hybridized carbons (Fsp3) is 0.350. The van der Waals surface area contributed by atoms with Crippen LogP contribution in [0.15, 0.2) is 48.8 Å². The quantitative estimate of drug-likeness (QED) is 0.844. The highest BCUT2D eigenvalue weighted by molar-refractivity contribution is 5.80.